The number of aliphatic carboxylic acids is 1. The number of hydrogen-bond donors (Lipinski definition) is 1. The highest BCUT2D eigenvalue weighted by Gasteiger charge is 2.09. The molecule has 0 heterocycles. The molecule has 2 aromatic carbocycles. The third-order valence-corrected chi connectivity index (χ3v) is 2.36. The van der Waals surface area contributed by atoms with Crippen molar-refractivity contribution < 1.29 is 9.90 Å². The van der Waals surface area contributed by atoms with Crippen LogP contribution in [0, 0.1) is 0 Å². The molecule has 2 aromatic rings. The second-order valence-corrected chi connectivity index (χ2v) is 3.81. The Labute approximate surface area is 110 Å². The summed E-state index contributed by atoms with van der Waals surface area (Å²) in [5.41, 5.74) is 1.36. The van der Waals surface area contributed by atoms with Crippen molar-refractivity contribution in [2.24, 2.45) is 10.3 Å². The van der Waals surface area contributed by atoms with Crippen LogP contribution in [0.15, 0.2) is 71.0 Å². The van der Waals surface area contributed by atoms with Crippen molar-refractivity contribution in [2.45, 2.75) is 0 Å². The van der Waals surface area contributed by atoms with E-state index < -0.39 is 5.97 Å². The zero-order valence-electron chi connectivity index (χ0n) is 10.2. The molecule has 0 saturated heterocycles. The summed E-state index contributed by atoms with van der Waals surface area (Å²) in [5, 5.41) is 18.2. The second kappa shape index (κ2) is 6.30. The zero-order valence-corrected chi connectivity index (χ0v) is 10.2. The minimum Gasteiger partial charge on any atom is -0.480 e. The van der Waals surface area contributed by atoms with Gasteiger partial charge in [0, 0.05) is 0 Å². The number of carbonyl (C=O) groups is 1. The number of para-hydroxylation sites is 1. The van der Waals surface area contributed by atoms with E-state index >= 15 is 0 Å². The number of carboxylic acid groups (broad SMARTS) is 1. The minimum absolute atomic E-state index is 0.236. The molecule has 0 aliphatic rings. The monoisotopic (exact) mass is 255 g/mol. The van der Waals surface area contributed by atoms with Crippen LogP contribution in [0.1, 0.15) is 0 Å². The largest absolute Gasteiger partial charge is 0.480 e. The maximum Gasteiger partial charge on any atom is 0.325 e. The van der Waals surface area contributed by atoms with Crippen molar-refractivity contribution in [3.8, 4) is 0 Å². The van der Waals surface area contributed by atoms with Crippen molar-refractivity contribution in [1.29, 1.82) is 0 Å². The summed E-state index contributed by atoms with van der Waals surface area (Å²) in [5.74, 6) is -0.962. The lowest BCUT2D eigenvalue weighted by atomic mass is 10.3. The Morgan fingerprint density at radius 3 is 2.16 bits per heavy atom. The van der Waals surface area contributed by atoms with Crippen LogP contribution in [0.2, 0.25) is 0 Å². The van der Waals surface area contributed by atoms with E-state index in [2.05, 4.69) is 10.3 Å². The summed E-state index contributed by atoms with van der Waals surface area (Å²) in [6, 6.07) is 18.2. The number of carboxylic acids is 1. The van der Waals surface area contributed by atoms with Crippen molar-refractivity contribution in [2.75, 3.05) is 11.6 Å². The van der Waals surface area contributed by atoms with Crippen molar-refractivity contribution in [3.63, 3.8) is 0 Å². The molecule has 0 aromatic heterocycles. The Kier molecular flexibility index (Phi) is 4.23. The fourth-order valence-corrected chi connectivity index (χ4v) is 1.50. The first-order chi connectivity index (χ1) is 9.25. The minimum atomic E-state index is -0.962. The molecule has 2 rings (SSSR count). The van der Waals surface area contributed by atoms with Gasteiger partial charge in [0.2, 0.25) is 0 Å². The van der Waals surface area contributed by atoms with Gasteiger partial charge < -0.3 is 5.11 Å². The molecule has 96 valence electrons. The van der Waals surface area contributed by atoms with Gasteiger partial charge in [-0.2, -0.15) is 0 Å². The Bertz CT molecular complexity index is 555. The first-order valence-corrected chi connectivity index (χ1v) is 5.77. The Balaban J connectivity index is 2.19. The standard InChI is InChI=1S/C14H13N3O2/c18-14(19)11-17(13-9-5-2-6-10-13)16-15-12-7-3-1-4-8-12/h1-10H,11H2,(H,18,19)/b16-15+. The molecule has 0 aliphatic heterocycles. The first-order valence-electron chi connectivity index (χ1n) is 5.77. The second-order valence-electron chi connectivity index (χ2n) is 3.81. The van der Waals surface area contributed by atoms with Crippen LogP contribution in [0.5, 0.6) is 0 Å². The van der Waals surface area contributed by atoms with Gasteiger partial charge in [-0.3, -0.25) is 4.79 Å². The van der Waals surface area contributed by atoms with Crippen molar-refractivity contribution in [3.05, 3.63) is 60.7 Å². The molecule has 0 atom stereocenters. The molecule has 0 spiro atoms. The molecule has 0 unspecified atom stereocenters. The average Bonchev–Trinajstić information content (AvgIpc) is 2.45. The lowest BCUT2D eigenvalue weighted by Gasteiger charge is -2.14. The van der Waals surface area contributed by atoms with Crippen molar-refractivity contribution in [1.82, 2.24) is 0 Å². The summed E-state index contributed by atoms with van der Waals surface area (Å²) in [6.07, 6.45) is 0. The predicted octanol–water partition coefficient (Wildman–Crippen LogP) is 3.28. The number of rotatable bonds is 5. The molecule has 0 aliphatic carbocycles. The molecular weight excluding hydrogens is 242 g/mol. The third kappa shape index (κ3) is 3.92. The van der Waals surface area contributed by atoms with Crippen LogP contribution in [0.3, 0.4) is 0 Å². The average molecular weight is 255 g/mol. The van der Waals surface area contributed by atoms with E-state index in [0.717, 1.165) is 0 Å². The summed E-state index contributed by atoms with van der Waals surface area (Å²) >= 11 is 0. The highest BCUT2D eigenvalue weighted by Crippen LogP contribution is 2.16. The quantitative estimate of drug-likeness (QED) is 0.658. The van der Waals surface area contributed by atoms with Gasteiger partial charge in [0.1, 0.15) is 6.54 Å². The molecule has 0 bridgehead atoms. The topological polar surface area (TPSA) is 65.3 Å². The summed E-state index contributed by atoms with van der Waals surface area (Å²) in [6.45, 7) is -0.236. The summed E-state index contributed by atoms with van der Waals surface area (Å²) in [4.78, 5) is 10.9. The van der Waals surface area contributed by atoms with Gasteiger partial charge in [-0.15, -0.1) is 5.11 Å². The highest BCUT2D eigenvalue weighted by atomic mass is 16.4. The van der Waals surface area contributed by atoms with Crippen LogP contribution in [0.25, 0.3) is 0 Å². The predicted molar refractivity (Wildman–Crippen MR) is 72.4 cm³/mol. The maximum absolute atomic E-state index is 10.9. The smallest absolute Gasteiger partial charge is 0.325 e. The van der Waals surface area contributed by atoms with Gasteiger partial charge in [0.15, 0.2) is 0 Å². The normalized spacial score (nSPS) is 10.5. The van der Waals surface area contributed by atoms with Crippen LogP contribution in [0.4, 0.5) is 11.4 Å². The van der Waals surface area contributed by atoms with Crippen LogP contribution in [-0.2, 0) is 4.79 Å². The number of anilines is 1. The van der Waals surface area contributed by atoms with Gasteiger partial charge in [-0.05, 0) is 24.3 Å². The molecule has 0 fully saturated rings. The Morgan fingerprint density at radius 1 is 1.00 bits per heavy atom. The van der Waals surface area contributed by atoms with Gasteiger partial charge in [-0.25, -0.2) is 5.01 Å². The molecule has 5 heteroatoms. The fourth-order valence-electron chi connectivity index (χ4n) is 1.50. The Morgan fingerprint density at radius 2 is 1.58 bits per heavy atom. The fraction of sp³-hybridized carbons (Fsp3) is 0.0714. The highest BCUT2D eigenvalue weighted by molar-refractivity contribution is 5.73. The van der Waals surface area contributed by atoms with E-state index in [-0.39, 0.29) is 6.54 Å². The molecule has 0 amide bonds. The summed E-state index contributed by atoms with van der Waals surface area (Å²) < 4.78 is 0. The van der Waals surface area contributed by atoms with Crippen molar-refractivity contribution >= 4 is 17.3 Å². The van der Waals surface area contributed by atoms with Gasteiger partial charge >= 0.3 is 5.97 Å². The number of nitrogens with zero attached hydrogens (tertiary/aromatic N) is 3. The molecule has 5 nitrogen and oxygen atoms in total. The Hall–Kier alpha value is -2.69. The zero-order chi connectivity index (χ0) is 13.5. The number of benzene rings is 2. The van der Waals surface area contributed by atoms with E-state index in [1.165, 1.54) is 5.01 Å². The van der Waals surface area contributed by atoms with Gasteiger partial charge in [0.05, 0.1) is 11.4 Å². The summed E-state index contributed by atoms with van der Waals surface area (Å²) in [7, 11) is 0. The van der Waals surface area contributed by atoms with E-state index in [0.29, 0.717) is 11.4 Å². The molecule has 0 radical (unpaired) electrons. The lowest BCUT2D eigenvalue weighted by molar-refractivity contribution is -0.135. The van der Waals surface area contributed by atoms with Crippen LogP contribution >= 0.6 is 0 Å². The van der Waals surface area contributed by atoms with Gasteiger partial charge in [0.25, 0.3) is 0 Å². The van der Waals surface area contributed by atoms with E-state index in [9.17, 15) is 4.79 Å². The van der Waals surface area contributed by atoms with Crippen LogP contribution in [-0.4, -0.2) is 17.6 Å². The molecule has 1 N–H and O–H groups in total. The molecule has 19 heavy (non-hydrogen) atoms. The lowest BCUT2D eigenvalue weighted by Crippen LogP contribution is -2.23. The third-order valence-electron chi connectivity index (χ3n) is 2.36. The van der Waals surface area contributed by atoms with E-state index in [4.69, 9.17) is 5.11 Å². The van der Waals surface area contributed by atoms with Crippen LogP contribution < -0.4 is 5.01 Å². The molecule has 0 saturated carbocycles. The van der Waals surface area contributed by atoms with E-state index in [1.54, 1.807) is 24.3 Å². The first kappa shape index (κ1) is 12.8. The molecular formula is C14H13N3O2. The van der Waals surface area contributed by atoms with E-state index in [1.807, 2.05) is 36.4 Å². The SMILES string of the molecule is O=C(O)CN(/N=N/c1ccccc1)c1ccccc1. The maximum atomic E-state index is 10.9. The number of hydrogen-bond acceptors (Lipinski definition) is 3. The van der Waals surface area contributed by atoms with Gasteiger partial charge in [-0.1, -0.05) is 41.6 Å².